The second-order valence-corrected chi connectivity index (χ2v) is 12.0. The fraction of sp³-hybridized carbons (Fsp3) is 0.375. The average Bonchev–Trinajstić information content (AvgIpc) is 2.96. The Balaban J connectivity index is 1.31. The number of amides is 2. The van der Waals surface area contributed by atoms with E-state index in [0.717, 1.165) is 0 Å². The molecule has 3 aromatic rings. The highest BCUT2D eigenvalue weighted by Crippen LogP contribution is 2.46. The van der Waals surface area contributed by atoms with E-state index in [1.165, 1.54) is 18.3 Å². The van der Waals surface area contributed by atoms with Crippen molar-refractivity contribution in [1.82, 2.24) is 9.88 Å². The summed E-state index contributed by atoms with van der Waals surface area (Å²) < 4.78 is 21.2. The number of aliphatic hydroxyl groups excluding tert-OH is 1. The number of aliphatic hydroxyl groups is 1. The number of nitrogens with zero attached hydrogens (tertiary/aromatic N) is 3. The fourth-order valence-corrected chi connectivity index (χ4v) is 5.90. The van der Waals surface area contributed by atoms with E-state index >= 15 is 4.39 Å². The summed E-state index contributed by atoms with van der Waals surface area (Å²) in [7, 11) is 0. The van der Waals surface area contributed by atoms with Gasteiger partial charge in [-0.1, -0.05) is 35.9 Å². The van der Waals surface area contributed by atoms with Gasteiger partial charge in [0.2, 0.25) is 5.91 Å². The van der Waals surface area contributed by atoms with Gasteiger partial charge in [-0.05, 0) is 63.4 Å². The quantitative estimate of drug-likeness (QED) is 0.363. The number of carboxylic acids is 1. The van der Waals surface area contributed by atoms with Crippen molar-refractivity contribution >= 4 is 35.1 Å². The van der Waals surface area contributed by atoms with Crippen LogP contribution in [0, 0.1) is 11.2 Å². The highest BCUT2D eigenvalue weighted by atomic mass is 35.5. The Labute approximate surface area is 253 Å². The third-order valence-electron chi connectivity index (χ3n) is 8.14. The van der Waals surface area contributed by atoms with E-state index in [9.17, 15) is 19.5 Å². The van der Waals surface area contributed by atoms with Crippen LogP contribution in [0.2, 0.25) is 5.02 Å². The number of benzene rings is 2. The van der Waals surface area contributed by atoms with Crippen LogP contribution in [-0.4, -0.2) is 63.1 Å². The van der Waals surface area contributed by atoms with Gasteiger partial charge in [0.05, 0.1) is 33.8 Å². The first-order chi connectivity index (χ1) is 20.4. The SMILES string of the molecule is C[C@H](CC(=O)O)Oc1ccccc1-c1ccc(C(=O)N2CCC(N3C(=O)C(C)(C)C(O)c4ncc(Cl)cc43)CC2)c(F)c1. The van der Waals surface area contributed by atoms with Crippen molar-refractivity contribution in [2.45, 2.75) is 58.3 Å². The van der Waals surface area contributed by atoms with Crippen molar-refractivity contribution in [3.8, 4) is 16.9 Å². The van der Waals surface area contributed by atoms with E-state index in [1.807, 2.05) is 0 Å². The van der Waals surface area contributed by atoms with Gasteiger partial charge in [0.25, 0.3) is 5.91 Å². The Morgan fingerprint density at radius 2 is 1.86 bits per heavy atom. The van der Waals surface area contributed by atoms with Gasteiger partial charge < -0.3 is 24.7 Å². The van der Waals surface area contributed by atoms with E-state index < -0.39 is 35.3 Å². The molecule has 2 aliphatic rings. The van der Waals surface area contributed by atoms with Crippen LogP contribution in [0.15, 0.2) is 54.7 Å². The second kappa shape index (κ2) is 11.9. The third-order valence-corrected chi connectivity index (χ3v) is 8.35. The van der Waals surface area contributed by atoms with Crippen LogP contribution in [0.1, 0.15) is 62.2 Å². The van der Waals surface area contributed by atoms with E-state index in [4.69, 9.17) is 21.4 Å². The smallest absolute Gasteiger partial charge is 0.307 e. The number of aliphatic carboxylic acids is 1. The number of aromatic nitrogens is 1. The summed E-state index contributed by atoms with van der Waals surface area (Å²) in [6, 6.07) is 12.7. The molecule has 0 bridgehead atoms. The lowest BCUT2D eigenvalue weighted by molar-refractivity contribution is -0.138. The van der Waals surface area contributed by atoms with Crippen LogP contribution in [0.5, 0.6) is 5.75 Å². The van der Waals surface area contributed by atoms with Crippen molar-refractivity contribution in [3.63, 3.8) is 0 Å². The summed E-state index contributed by atoms with van der Waals surface area (Å²) >= 11 is 6.19. The number of hydrogen-bond donors (Lipinski definition) is 2. The zero-order valence-corrected chi connectivity index (χ0v) is 24.8. The molecule has 2 aliphatic heterocycles. The van der Waals surface area contributed by atoms with Gasteiger partial charge in [-0.25, -0.2) is 4.39 Å². The molecule has 2 amide bonds. The van der Waals surface area contributed by atoms with Crippen LogP contribution in [0.3, 0.4) is 0 Å². The van der Waals surface area contributed by atoms with E-state index in [1.54, 1.807) is 67.0 Å². The molecule has 3 heterocycles. The van der Waals surface area contributed by atoms with Gasteiger partial charge >= 0.3 is 5.97 Å². The number of ether oxygens (including phenoxy) is 1. The van der Waals surface area contributed by atoms with E-state index in [-0.39, 0.29) is 23.9 Å². The molecule has 2 atom stereocenters. The van der Waals surface area contributed by atoms with Crippen LogP contribution in [0.25, 0.3) is 11.1 Å². The molecule has 2 N–H and O–H groups in total. The first kappa shape index (κ1) is 30.4. The first-order valence-electron chi connectivity index (χ1n) is 14.1. The Kier molecular flexibility index (Phi) is 8.45. The summed E-state index contributed by atoms with van der Waals surface area (Å²) in [5, 5.41) is 20.2. The molecule has 1 saturated heterocycles. The highest BCUT2D eigenvalue weighted by Gasteiger charge is 2.49. The summed E-state index contributed by atoms with van der Waals surface area (Å²) in [4.78, 5) is 45.5. The summed E-state index contributed by atoms with van der Waals surface area (Å²) in [5.41, 5.74) is 0.761. The molecule has 1 aromatic heterocycles. The maximum absolute atomic E-state index is 15.4. The molecule has 0 saturated carbocycles. The highest BCUT2D eigenvalue weighted by molar-refractivity contribution is 6.30. The number of carbonyl (C=O) groups is 3. The Bertz CT molecular complexity index is 1570. The molecular weight excluding hydrogens is 577 g/mol. The zero-order valence-electron chi connectivity index (χ0n) is 24.1. The van der Waals surface area contributed by atoms with Crippen molar-refractivity contribution in [1.29, 1.82) is 0 Å². The molecule has 5 rings (SSSR count). The van der Waals surface area contributed by atoms with E-state index in [2.05, 4.69) is 4.98 Å². The molecule has 1 fully saturated rings. The number of piperidine rings is 1. The van der Waals surface area contributed by atoms with Gasteiger partial charge in [-0.15, -0.1) is 0 Å². The number of rotatable bonds is 7. The van der Waals surface area contributed by atoms with E-state index in [0.29, 0.717) is 59.2 Å². The maximum atomic E-state index is 15.4. The summed E-state index contributed by atoms with van der Waals surface area (Å²) in [6.45, 7) is 5.61. The third kappa shape index (κ3) is 5.94. The lowest BCUT2D eigenvalue weighted by atomic mass is 9.78. The molecule has 0 aliphatic carbocycles. The molecule has 9 nitrogen and oxygen atoms in total. The minimum Gasteiger partial charge on any atom is -0.489 e. The van der Waals surface area contributed by atoms with Crippen molar-refractivity contribution in [2.24, 2.45) is 5.41 Å². The topological polar surface area (TPSA) is 120 Å². The van der Waals surface area contributed by atoms with Gasteiger partial charge in [-0.2, -0.15) is 0 Å². The molecule has 0 spiro atoms. The number of likely N-dealkylation sites (tertiary alicyclic amines) is 1. The molecule has 226 valence electrons. The molecule has 0 radical (unpaired) electrons. The second-order valence-electron chi connectivity index (χ2n) is 11.6. The minimum atomic E-state index is -1.09. The monoisotopic (exact) mass is 609 g/mol. The lowest BCUT2D eigenvalue weighted by Crippen LogP contribution is -2.56. The summed E-state index contributed by atoms with van der Waals surface area (Å²) in [5.74, 6) is -1.95. The van der Waals surface area contributed by atoms with Crippen LogP contribution < -0.4 is 9.64 Å². The van der Waals surface area contributed by atoms with Gasteiger partial charge in [0.15, 0.2) is 0 Å². The van der Waals surface area contributed by atoms with Crippen LogP contribution in [0.4, 0.5) is 10.1 Å². The number of hydrogen-bond acceptors (Lipinski definition) is 6. The largest absolute Gasteiger partial charge is 0.489 e. The molecule has 1 unspecified atom stereocenters. The van der Waals surface area contributed by atoms with Crippen LogP contribution in [-0.2, 0) is 9.59 Å². The summed E-state index contributed by atoms with van der Waals surface area (Å²) in [6.07, 6.45) is 0.493. The lowest BCUT2D eigenvalue weighted by Gasteiger charge is -2.46. The van der Waals surface area contributed by atoms with Crippen molar-refractivity contribution < 1.29 is 33.7 Å². The van der Waals surface area contributed by atoms with Crippen molar-refractivity contribution in [3.05, 3.63) is 76.8 Å². The predicted molar refractivity (Wildman–Crippen MR) is 159 cm³/mol. The Morgan fingerprint density at radius 3 is 2.53 bits per heavy atom. The predicted octanol–water partition coefficient (Wildman–Crippen LogP) is 5.49. The number of carboxylic acid groups (broad SMARTS) is 1. The average molecular weight is 610 g/mol. The molecule has 11 heteroatoms. The van der Waals surface area contributed by atoms with Gasteiger partial charge in [-0.3, -0.25) is 19.4 Å². The zero-order chi connectivity index (χ0) is 31.1. The van der Waals surface area contributed by atoms with Crippen LogP contribution >= 0.6 is 11.6 Å². The molecule has 43 heavy (non-hydrogen) atoms. The Morgan fingerprint density at radius 1 is 1.16 bits per heavy atom. The maximum Gasteiger partial charge on any atom is 0.307 e. The number of fused-ring (bicyclic) bond motifs is 1. The van der Waals surface area contributed by atoms with Gasteiger partial charge in [0, 0.05) is 30.9 Å². The van der Waals surface area contributed by atoms with Crippen molar-refractivity contribution in [2.75, 3.05) is 18.0 Å². The Hall–Kier alpha value is -4.02. The molecule has 2 aromatic carbocycles. The standard InChI is InChI=1S/C32H33ClFN3O6/c1-18(14-27(38)39)43-26-7-5-4-6-22(26)19-8-9-23(24(34)15-19)30(41)36-12-10-21(11-13-36)37-25-16-20(33)17-35-28(25)29(40)32(2,3)31(37)42/h4-9,15-18,21,29,40H,10-14H2,1-3H3,(H,38,39)/t18-,29?/m1/s1. The first-order valence-corrected chi connectivity index (χ1v) is 14.5. The number of anilines is 1. The molecular formula is C32H33ClFN3O6. The minimum absolute atomic E-state index is 0.0699. The normalized spacial score (nSPS) is 19.1. The number of halogens is 2. The number of para-hydroxylation sites is 1. The van der Waals surface area contributed by atoms with Gasteiger partial charge in [0.1, 0.15) is 23.8 Å². The number of carbonyl (C=O) groups excluding carboxylic acids is 2. The number of pyridine rings is 1. The fourth-order valence-electron chi connectivity index (χ4n) is 5.75.